The van der Waals surface area contributed by atoms with Crippen LogP contribution in [0, 0.1) is 0 Å². The SMILES string of the molecule is FC(F)(F)c1ccc2sc(NCCCCN3CCOCC3)nc2c1. The Morgan fingerprint density at radius 3 is 2.75 bits per heavy atom. The Bertz CT molecular complexity index is 668. The number of benzene rings is 1. The average molecular weight is 359 g/mol. The highest BCUT2D eigenvalue weighted by molar-refractivity contribution is 7.22. The van der Waals surface area contributed by atoms with E-state index < -0.39 is 11.7 Å². The molecule has 2 heterocycles. The number of morpholine rings is 1. The first-order valence-corrected chi connectivity index (χ1v) is 8.86. The Morgan fingerprint density at radius 1 is 1.21 bits per heavy atom. The van der Waals surface area contributed by atoms with Crippen molar-refractivity contribution in [2.24, 2.45) is 0 Å². The molecule has 1 aliphatic rings. The highest BCUT2D eigenvalue weighted by Gasteiger charge is 2.30. The van der Waals surface area contributed by atoms with Crippen molar-refractivity contribution in [3.05, 3.63) is 23.8 Å². The van der Waals surface area contributed by atoms with Crippen molar-refractivity contribution < 1.29 is 17.9 Å². The van der Waals surface area contributed by atoms with Crippen LogP contribution in [0.1, 0.15) is 18.4 Å². The number of nitrogens with one attached hydrogen (secondary N) is 1. The molecular formula is C16H20F3N3OS. The molecule has 3 rings (SSSR count). The van der Waals surface area contributed by atoms with E-state index in [2.05, 4.69) is 15.2 Å². The predicted octanol–water partition coefficient (Wildman–Crippen LogP) is 3.84. The number of hydrogen-bond donors (Lipinski definition) is 1. The summed E-state index contributed by atoms with van der Waals surface area (Å²) < 4.78 is 44.2. The van der Waals surface area contributed by atoms with Gasteiger partial charge in [0.2, 0.25) is 0 Å². The first kappa shape index (κ1) is 17.4. The van der Waals surface area contributed by atoms with E-state index in [9.17, 15) is 13.2 Å². The van der Waals surface area contributed by atoms with Crippen molar-refractivity contribution in [3.8, 4) is 0 Å². The molecule has 1 aliphatic heterocycles. The Hall–Kier alpha value is -1.38. The highest BCUT2D eigenvalue weighted by Crippen LogP contribution is 2.33. The number of fused-ring (bicyclic) bond motifs is 1. The van der Waals surface area contributed by atoms with E-state index in [1.165, 1.54) is 17.4 Å². The van der Waals surface area contributed by atoms with E-state index >= 15 is 0 Å². The minimum Gasteiger partial charge on any atom is -0.379 e. The molecule has 2 aromatic rings. The zero-order valence-corrected chi connectivity index (χ0v) is 14.1. The summed E-state index contributed by atoms with van der Waals surface area (Å²) in [6, 6.07) is 3.70. The molecule has 0 unspecified atom stereocenters. The molecule has 1 N–H and O–H groups in total. The lowest BCUT2D eigenvalue weighted by Gasteiger charge is -2.26. The summed E-state index contributed by atoms with van der Waals surface area (Å²) in [5, 5.41) is 3.89. The van der Waals surface area contributed by atoms with Gasteiger partial charge in [-0.2, -0.15) is 13.2 Å². The van der Waals surface area contributed by atoms with Crippen LogP contribution < -0.4 is 5.32 Å². The monoisotopic (exact) mass is 359 g/mol. The number of rotatable bonds is 6. The number of thiazole rings is 1. The molecule has 4 nitrogen and oxygen atoms in total. The first-order chi connectivity index (χ1) is 11.5. The van der Waals surface area contributed by atoms with Gasteiger partial charge in [0.05, 0.1) is 29.0 Å². The van der Waals surface area contributed by atoms with Crippen molar-refractivity contribution >= 4 is 26.7 Å². The van der Waals surface area contributed by atoms with E-state index in [-0.39, 0.29) is 0 Å². The number of nitrogens with zero attached hydrogens (tertiary/aromatic N) is 2. The van der Waals surface area contributed by atoms with Crippen molar-refractivity contribution in [1.29, 1.82) is 0 Å². The zero-order chi connectivity index (χ0) is 17.0. The van der Waals surface area contributed by atoms with E-state index in [4.69, 9.17) is 4.74 Å². The lowest BCUT2D eigenvalue weighted by molar-refractivity contribution is -0.137. The van der Waals surface area contributed by atoms with Gasteiger partial charge in [0.1, 0.15) is 0 Å². The van der Waals surface area contributed by atoms with Gasteiger partial charge in [-0.3, -0.25) is 4.90 Å². The minimum absolute atomic E-state index is 0.394. The van der Waals surface area contributed by atoms with Crippen molar-refractivity contribution in [2.45, 2.75) is 19.0 Å². The maximum atomic E-state index is 12.7. The predicted molar refractivity (Wildman–Crippen MR) is 89.6 cm³/mol. The number of hydrogen-bond acceptors (Lipinski definition) is 5. The average Bonchev–Trinajstić information content (AvgIpc) is 2.96. The molecule has 0 saturated carbocycles. The molecule has 1 fully saturated rings. The maximum Gasteiger partial charge on any atom is 0.416 e. The van der Waals surface area contributed by atoms with Gasteiger partial charge in [-0.05, 0) is 37.6 Å². The number of halogens is 3. The normalized spacial score (nSPS) is 16.6. The van der Waals surface area contributed by atoms with Gasteiger partial charge in [-0.1, -0.05) is 11.3 Å². The second-order valence-corrected chi connectivity index (χ2v) is 6.82. The summed E-state index contributed by atoms with van der Waals surface area (Å²) in [6.07, 6.45) is -2.25. The summed E-state index contributed by atoms with van der Waals surface area (Å²) in [5.74, 6) is 0. The van der Waals surface area contributed by atoms with Crippen LogP contribution in [0.25, 0.3) is 10.2 Å². The summed E-state index contributed by atoms with van der Waals surface area (Å²) in [4.78, 5) is 6.64. The third-order valence-electron chi connectivity index (χ3n) is 4.00. The fraction of sp³-hybridized carbons (Fsp3) is 0.562. The molecule has 0 bridgehead atoms. The summed E-state index contributed by atoms with van der Waals surface area (Å²) in [6.45, 7) is 5.43. The van der Waals surface area contributed by atoms with Gasteiger partial charge in [0.25, 0.3) is 0 Å². The fourth-order valence-corrected chi connectivity index (χ4v) is 3.53. The van der Waals surface area contributed by atoms with Gasteiger partial charge in [0.15, 0.2) is 5.13 Å². The zero-order valence-electron chi connectivity index (χ0n) is 13.2. The number of aromatic nitrogens is 1. The number of alkyl halides is 3. The standard InChI is InChI=1S/C16H20F3N3OS/c17-16(18,19)12-3-4-14-13(11-12)21-15(24-14)20-5-1-2-6-22-7-9-23-10-8-22/h3-4,11H,1-2,5-10H2,(H,20,21). The van der Waals surface area contributed by atoms with Crippen molar-refractivity contribution in [2.75, 3.05) is 44.7 Å². The largest absolute Gasteiger partial charge is 0.416 e. The lowest BCUT2D eigenvalue weighted by atomic mass is 10.2. The Kier molecular flexibility index (Phi) is 5.57. The van der Waals surface area contributed by atoms with Gasteiger partial charge in [-0.25, -0.2) is 4.98 Å². The Morgan fingerprint density at radius 2 is 2.00 bits per heavy atom. The summed E-state index contributed by atoms with van der Waals surface area (Å²) in [7, 11) is 0. The molecule has 0 atom stereocenters. The van der Waals surface area contributed by atoms with Crippen LogP contribution in [0.5, 0.6) is 0 Å². The minimum atomic E-state index is -4.33. The van der Waals surface area contributed by atoms with Crippen molar-refractivity contribution in [3.63, 3.8) is 0 Å². The smallest absolute Gasteiger partial charge is 0.379 e. The molecular weight excluding hydrogens is 339 g/mol. The molecule has 0 spiro atoms. The van der Waals surface area contributed by atoms with E-state index in [0.717, 1.165) is 69.1 Å². The Labute approximate surface area is 142 Å². The molecule has 24 heavy (non-hydrogen) atoms. The van der Waals surface area contributed by atoms with Gasteiger partial charge < -0.3 is 10.1 Å². The van der Waals surface area contributed by atoms with Gasteiger partial charge in [-0.15, -0.1) is 0 Å². The van der Waals surface area contributed by atoms with Crippen molar-refractivity contribution in [1.82, 2.24) is 9.88 Å². The van der Waals surface area contributed by atoms with Crippen LogP contribution >= 0.6 is 11.3 Å². The molecule has 0 amide bonds. The molecule has 0 radical (unpaired) electrons. The number of ether oxygens (including phenoxy) is 1. The molecule has 1 saturated heterocycles. The molecule has 1 aromatic heterocycles. The fourth-order valence-electron chi connectivity index (χ4n) is 2.66. The van der Waals surface area contributed by atoms with Gasteiger partial charge in [0, 0.05) is 19.6 Å². The van der Waals surface area contributed by atoms with E-state index in [0.29, 0.717) is 10.6 Å². The van der Waals surface area contributed by atoms with Crippen LogP contribution in [-0.4, -0.2) is 49.3 Å². The molecule has 0 aliphatic carbocycles. The van der Waals surface area contributed by atoms with Crippen LogP contribution in [-0.2, 0) is 10.9 Å². The van der Waals surface area contributed by atoms with Crippen LogP contribution in [0.2, 0.25) is 0 Å². The first-order valence-electron chi connectivity index (χ1n) is 8.04. The number of unbranched alkanes of at least 4 members (excludes halogenated alkanes) is 1. The van der Waals surface area contributed by atoms with Gasteiger partial charge >= 0.3 is 6.18 Å². The quantitative estimate of drug-likeness (QED) is 0.796. The molecule has 8 heteroatoms. The van der Waals surface area contributed by atoms with E-state index in [1.54, 1.807) is 0 Å². The summed E-state index contributed by atoms with van der Waals surface area (Å²) in [5.41, 5.74) is -0.261. The lowest BCUT2D eigenvalue weighted by Crippen LogP contribution is -2.36. The second-order valence-electron chi connectivity index (χ2n) is 5.79. The molecule has 1 aromatic carbocycles. The second kappa shape index (κ2) is 7.67. The maximum absolute atomic E-state index is 12.7. The topological polar surface area (TPSA) is 37.4 Å². The van der Waals surface area contributed by atoms with Crippen LogP contribution in [0.3, 0.4) is 0 Å². The summed E-state index contributed by atoms with van der Waals surface area (Å²) >= 11 is 1.39. The molecule has 132 valence electrons. The van der Waals surface area contributed by atoms with E-state index in [1.807, 2.05) is 0 Å². The highest BCUT2D eigenvalue weighted by atomic mass is 32.1. The third kappa shape index (κ3) is 4.58. The Balaban J connectivity index is 1.47. The third-order valence-corrected chi connectivity index (χ3v) is 4.99. The van der Waals surface area contributed by atoms with Crippen LogP contribution in [0.4, 0.5) is 18.3 Å². The number of anilines is 1. The van der Waals surface area contributed by atoms with Crippen LogP contribution in [0.15, 0.2) is 18.2 Å².